The molecular formula is C25H33N5O2. The molecule has 2 aliphatic rings. The lowest BCUT2D eigenvalue weighted by atomic mass is 9.83. The number of aryl methyl sites for hydroxylation is 1. The van der Waals surface area contributed by atoms with Gasteiger partial charge in [0.2, 0.25) is 5.91 Å². The van der Waals surface area contributed by atoms with Gasteiger partial charge in [-0.3, -0.25) is 9.59 Å². The van der Waals surface area contributed by atoms with E-state index in [9.17, 15) is 14.9 Å². The number of benzene rings is 1. The number of hydrogen-bond acceptors (Lipinski definition) is 4. The molecule has 7 heteroatoms. The molecule has 1 aliphatic carbocycles. The molecule has 2 fully saturated rings. The average Bonchev–Trinajstić information content (AvgIpc) is 3.16. The second kappa shape index (κ2) is 10.2. The first-order valence-corrected chi connectivity index (χ1v) is 11.8. The van der Waals surface area contributed by atoms with E-state index in [4.69, 9.17) is 0 Å². The first-order valence-electron chi connectivity index (χ1n) is 11.8. The van der Waals surface area contributed by atoms with Crippen molar-refractivity contribution < 1.29 is 9.59 Å². The Bertz CT molecular complexity index is 1000. The van der Waals surface area contributed by atoms with Crippen LogP contribution in [0.25, 0.3) is 10.9 Å². The third-order valence-corrected chi connectivity index (χ3v) is 7.10. The number of carbonyl (C=O) groups is 2. The summed E-state index contributed by atoms with van der Waals surface area (Å²) in [6.07, 6.45) is 6.24. The van der Waals surface area contributed by atoms with Crippen LogP contribution in [0.1, 0.15) is 55.4 Å². The van der Waals surface area contributed by atoms with Crippen molar-refractivity contribution in [2.45, 2.75) is 57.0 Å². The normalized spacial score (nSPS) is 22.8. The molecule has 0 radical (unpaired) electrons. The fraction of sp³-hybridized carbons (Fsp3) is 0.560. The molecule has 1 aliphatic heterocycles. The van der Waals surface area contributed by atoms with Crippen molar-refractivity contribution in [3.8, 4) is 6.07 Å². The Hall–Kier alpha value is -2.85. The maximum Gasteiger partial charge on any atom is 0.268 e. The Balaban J connectivity index is 1.41. The van der Waals surface area contributed by atoms with E-state index in [0.717, 1.165) is 62.5 Å². The molecule has 0 bridgehead atoms. The second-order valence-electron chi connectivity index (χ2n) is 9.24. The van der Waals surface area contributed by atoms with Crippen molar-refractivity contribution in [2.24, 2.45) is 18.9 Å². The number of nitriles is 1. The molecule has 3 unspecified atom stereocenters. The van der Waals surface area contributed by atoms with E-state index in [2.05, 4.69) is 22.0 Å². The third-order valence-electron chi connectivity index (χ3n) is 7.10. The van der Waals surface area contributed by atoms with Crippen molar-refractivity contribution in [3.05, 3.63) is 36.0 Å². The third kappa shape index (κ3) is 4.97. The fourth-order valence-electron chi connectivity index (χ4n) is 5.24. The topological polar surface area (TPSA) is 99.0 Å². The first kappa shape index (κ1) is 22.3. The van der Waals surface area contributed by atoms with Crippen molar-refractivity contribution in [1.82, 2.24) is 20.5 Å². The van der Waals surface area contributed by atoms with E-state index in [1.54, 1.807) is 0 Å². The molecule has 1 aromatic carbocycles. The molecule has 1 saturated carbocycles. The molecule has 1 saturated heterocycles. The van der Waals surface area contributed by atoms with Crippen LogP contribution in [-0.4, -0.2) is 41.6 Å². The molecule has 0 spiro atoms. The monoisotopic (exact) mass is 435 g/mol. The van der Waals surface area contributed by atoms with Crippen LogP contribution in [0.2, 0.25) is 0 Å². The number of hydrogen-bond donors (Lipinski definition) is 3. The summed E-state index contributed by atoms with van der Waals surface area (Å²) >= 11 is 0. The van der Waals surface area contributed by atoms with Gasteiger partial charge in [-0.1, -0.05) is 31.0 Å². The van der Waals surface area contributed by atoms with Gasteiger partial charge in [0.05, 0.1) is 12.0 Å². The Kier molecular flexibility index (Phi) is 7.11. The van der Waals surface area contributed by atoms with E-state index in [0.29, 0.717) is 18.0 Å². The molecule has 2 amide bonds. The Morgan fingerprint density at radius 2 is 1.94 bits per heavy atom. The minimum Gasteiger partial charge on any atom is -0.347 e. The zero-order valence-electron chi connectivity index (χ0n) is 18.8. The van der Waals surface area contributed by atoms with Crippen LogP contribution in [0.3, 0.4) is 0 Å². The average molecular weight is 436 g/mol. The summed E-state index contributed by atoms with van der Waals surface area (Å²) in [5, 5.41) is 20.1. The molecule has 170 valence electrons. The van der Waals surface area contributed by atoms with Gasteiger partial charge < -0.3 is 20.5 Å². The van der Waals surface area contributed by atoms with E-state index in [1.807, 2.05) is 41.9 Å². The Morgan fingerprint density at radius 1 is 1.19 bits per heavy atom. The maximum atomic E-state index is 13.1. The summed E-state index contributed by atoms with van der Waals surface area (Å²) in [5.74, 6) is -0.0896. The van der Waals surface area contributed by atoms with Gasteiger partial charge in [0.1, 0.15) is 11.7 Å². The maximum absolute atomic E-state index is 13.1. The SMILES string of the molecule is Cn1c(C(=O)NC2CCCCC2C(=O)NC(C#N)CC2CCNCC2)cc2ccccc21. The standard InChI is InChI=1S/C25H33N5O2/c1-30-22-9-5-2-6-18(22)15-23(30)25(32)29-21-8-4-3-7-20(21)24(31)28-19(16-26)14-17-10-12-27-13-11-17/h2,5-6,9,15,17,19-21,27H,3-4,7-8,10-14H2,1H3,(H,28,31)(H,29,32). The molecule has 7 nitrogen and oxygen atoms in total. The van der Waals surface area contributed by atoms with E-state index in [-0.39, 0.29) is 23.8 Å². The van der Waals surface area contributed by atoms with Crippen molar-refractivity contribution in [1.29, 1.82) is 5.26 Å². The minimum atomic E-state index is -0.470. The first-order chi connectivity index (χ1) is 15.6. The van der Waals surface area contributed by atoms with E-state index < -0.39 is 6.04 Å². The largest absolute Gasteiger partial charge is 0.347 e. The predicted octanol–water partition coefficient (Wildman–Crippen LogP) is 2.86. The van der Waals surface area contributed by atoms with Gasteiger partial charge in [0.15, 0.2) is 0 Å². The molecular weight excluding hydrogens is 402 g/mol. The van der Waals surface area contributed by atoms with Gasteiger partial charge >= 0.3 is 0 Å². The number of fused-ring (bicyclic) bond motifs is 1. The molecule has 3 N–H and O–H groups in total. The molecule has 2 aromatic rings. The smallest absolute Gasteiger partial charge is 0.268 e. The summed E-state index contributed by atoms with van der Waals surface area (Å²) < 4.78 is 1.90. The van der Waals surface area contributed by atoms with E-state index >= 15 is 0 Å². The lowest BCUT2D eigenvalue weighted by Gasteiger charge is -2.32. The molecule has 4 rings (SSSR count). The minimum absolute atomic E-state index is 0.104. The van der Waals surface area contributed by atoms with Crippen LogP contribution in [0.5, 0.6) is 0 Å². The van der Waals surface area contributed by atoms with Gasteiger partial charge in [-0.15, -0.1) is 0 Å². The second-order valence-corrected chi connectivity index (χ2v) is 9.24. The Labute approximate surface area is 189 Å². The molecule has 3 atom stereocenters. The Morgan fingerprint density at radius 3 is 2.69 bits per heavy atom. The van der Waals surface area contributed by atoms with Gasteiger partial charge in [0.25, 0.3) is 5.91 Å². The summed E-state index contributed by atoms with van der Waals surface area (Å²) in [6, 6.07) is 11.4. The summed E-state index contributed by atoms with van der Waals surface area (Å²) in [4.78, 5) is 26.2. The number of amides is 2. The molecule has 1 aromatic heterocycles. The zero-order valence-corrected chi connectivity index (χ0v) is 18.8. The van der Waals surface area contributed by atoms with Gasteiger partial charge in [-0.05, 0) is 63.2 Å². The van der Waals surface area contributed by atoms with Crippen LogP contribution in [-0.2, 0) is 11.8 Å². The number of para-hydroxylation sites is 1. The highest BCUT2D eigenvalue weighted by atomic mass is 16.2. The zero-order chi connectivity index (χ0) is 22.5. The highest BCUT2D eigenvalue weighted by molar-refractivity contribution is 5.99. The van der Waals surface area contributed by atoms with Crippen LogP contribution in [0.15, 0.2) is 30.3 Å². The number of nitrogens with zero attached hydrogens (tertiary/aromatic N) is 2. The van der Waals surface area contributed by atoms with Gasteiger partial charge in [0, 0.05) is 24.0 Å². The summed E-state index contributed by atoms with van der Waals surface area (Å²) in [6.45, 7) is 1.95. The van der Waals surface area contributed by atoms with Crippen molar-refractivity contribution >= 4 is 22.7 Å². The van der Waals surface area contributed by atoms with Crippen LogP contribution < -0.4 is 16.0 Å². The number of carbonyl (C=O) groups excluding carboxylic acids is 2. The highest BCUT2D eigenvalue weighted by Crippen LogP contribution is 2.26. The summed E-state index contributed by atoms with van der Waals surface area (Å²) in [5.41, 5.74) is 1.60. The highest BCUT2D eigenvalue weighted by Gasteiger charge is 2.34. The number of piperidine rings is 1. The van der Waals surface area contributed by atoms with Gasteiger partial charge in [-0.2, -0.15) is 5.26 Å². The fourth-order valence-corrected chi connectivity index (χ4v) is 5.24. The van der Waals surface area contributed by atoms with Gasteiger partial charge in [-0.25, -0.2) is 0 Å². The van der Waals surface area contributed by atoms with Crippen LogP contribution in [0, 0.1) is 23.2 Å². The number of nitrogens with one attached hydrogen (secondary N) is 3. The number of aromatic nitrogens is 1. The quantitative estimate of drug-likeness (QED) is 0.650. The molecule has 32 heavy (non-hydrogen) atoms. The predicted molar refractivity (Wildman–Crippen MR) is 124 cm³/mol. The van der Waals surface area contributed by atoms with Crippen LogP contribution >= 0.6 is 0 Å². The number of rotatable bonds is 6. The molecule has 2 heterocycles. The lowest BCUT2D eigenvalue weighted by Crippen LogP contribution is -2.50. The van der Waals surface area contributed by atoms with Crippen molar-refractivity contribution in [2.75, 3.05) is 13.1 Å². The summed E-state index contributed by atoms with van der Waals surface area (Å²) in [7, 11) is 1.89. The van der Waals surface area contributed by atoms with Crippen molar-refractivity contribution in [3.63, 3.8) is 0 Å². The van der Waals surface area contributed by atoms with Crippen LogP contribution in [0.4, 0.5) is 0 Å². The lowest BCUT2D eigenvalue weighted by molar-refractivity contribution is -0.127. The van der Waals surface area contributed by atoms with E-state index in [1.165, 1.54) is 0 Å².